The Morgan fingerprint density at radius 1 is 1.15 bits per heavy atom. The van der Waals surface area contributed by atoms with Gasteiger partial charge in [-0.05, 0) is 35.4 Å². The lowest BCUT2D eigenvalue weighted by atomic mass is 9.87. The van der Waals surface area contributed by atoms with E-state index in [9.17, 15) is 9.59 Å². The summed E-state index contributed by atoms with van der Waals surface area (Å²) in [7, 11) is 0. The summed E-state index contributed by atoms with van der Waals surface area (Å²) in [5.41, 5.74) is 1.33. The maximum atomic E-state index is 12.2. The van der Waals surface area contributed by atoms with Crippen LogP contribution >= 0.6 is 0 Å². The quantitative estimate of drug-likeness (QED) is 0.658. The van der Waals surface area contributed by atoms with E-state index in [2.05, 4.69) is 34.6 Å². The van der Waals surface area contributed by atoms with Crippen molar-refractivity contribution < 1.29 is 18.7 Å². The van der Waals surface area contributed by atoms with Gasteiger partial charge >= 0.3 is 5.97 Å². The van der Waals surface area contributed by atoms with Crippen LogP contribution in [0.4, 0.5) is 0 Å². The molecule has 0 N–H and O–H groups in total. The predicted molar refractivity (Wildman–Crippen MR) is 104 cm³/mol. The van der Waals surface area contributed by atoms with Crippen LogP contribution in [0.25, 0.3) is 0 Å². The van der Waals surface area contributed by atoms with E-state index < -0.39 is 5.97 Å². The Morgan fingerprint density at radius 2 is 1.81 bits per heavy atom. The van der Waals surface area contributed by atoms with E-state index in [1.54, 1.807) is 12.1 Å². The summed E-state index contributed by atoms with van der Waals surface area (Å²) in [5.74, 6) is 0.475. The van der Waals surface area contributed by atoms with E-state index in [0.717, 1.165) is 12.0 Å². The highest BCUT2D eigenvalue weighted by Crippen LogP contribution is 2.22. The molecule has 0 radical (unpaired) electrons. The Kier molecular flexibility index (Phi) is 6.83. The van der Waals surface area contributed by atoms with E-state index in [4.69, 9.17) is 13.9 Å². The van der Waals surface area contributed by atoms with Gasteiger partial charge in [0.2, 0.25) is 11.2 Å². The van der Waals surface area contributed by atoms with Gasteiger partial charge < -0.3 is 13.9 Å². The zero-order valence-corrected chi connectivity index (χ0v) is 16.7. The summed E-state index contributed by atoms with van der Waals surface area (Å²) in [5, 5.41) is 0. The van der Waals surface area contributed by atoms with Crippen LogP contribution in [0, 0.1) is 5.92 Å². The van der Waals surface area contributed by atoms with Crippen molar-refractivity contribution in [3.8, 4) is 5.75 Å². The fraction of sp³-hybridized carbons (Fsp3) is 0.455. The van der Waals surface area contributed by atoms with Crippen LogP contribution in [-0.2, 0) is 16.8 Å². The van der Waals surface area contributed by atoms with Crippen LogP contribution in [-0.4, -0.2) is 12.6 Å². The summed E-state index contributed by atoms with van der Waals surface area (Å²) >= 11 is 0. The topological polar surface area (TPSA) is 65.7 Å². The standard InChI is InChI=1S/C22H28O5/c1-15(2)10-11-25-20-14-26-18(12-19(20)23)13-27-21(24)16-6-8-17(9-7-16)22(3,4)5/h6-9,12,14-15H,10-11,13H2,1-5H3. The molecule has 5 nitrogen and oxygen atoms in total. The van der Waals surface area contributed by atoms with Gasteiger partial charge in [0.1, 0.15) is 18.6 Å². The van der Waals surface area contributed by atoms with Gasteiger partial charge in [-0.2, -0.15) is 0 Å². The highest BCUT2D eigenvalue weighted by molar-refractivity contribution is 5.89. The molecule has 0 atom stereocenters. The second kappa shape index (κ2) is 8.89. The van der Waals surface area contributed by atoms with Crippen molar-refractivity contribution in [3.63, 3.8) is 0 Å². The summed E-state index contributed by atoms with van der Waals surface area (Å²) in [6.45, 7) is 10.8. The molecule has 1 aromatic carbocycles. The van der Waals surface area contributed by atoms with Gasteiger partial charge in [0.05, 0.1) is 12.2 Å². The third kappa shape index (κ3) is 6.27. The van der Waals surface area contributed by atoms with E-state index in [-0.39, 0.29) is 29.0 Å². The first-order valence-electron chi connectivity index (χ1n) is 9.19. The molecule has 0 saturated carbocycles. The van der Waals surface area contributed by atoms with Gasteiger partial charge in [-0.25, -0.2) is 4.79 Å². The molecule has 0 spiro atoms. The minimum Gasteiger partial charge on any atom is -0.487 e. The summed E-state index contributed by atoms with van der Waals surface area (Å²) in [6, 6.07) is 8.61. The van der Waals surface area contributed by atoms with Gasteiger partial charge in [-0.1, -0.05) is 46.8 Å². The molecule has 0 saturated heterocycles. The lowest BCUT2D eigenvalue weighted by molar-refractivity contribution is 0.0442. The number of hydrogen-bond donors (Lipinski definition) is 0. The predicted octanol–water partition coefficient (Wildman–Crippen LogP) is 4.72. The number of carbonyl (C=O) groups excluding carboxylic acids is 1. The van der Waals surface area contributed by atoms with Crippen molar-refractivity contribution >= 4 is 5.97 Å². The number of esters is 1. The van der Waals surface area contributed by atoms with Crippen molar-refractivity contribution in [3.05, 3.63) is 63.7 Å². The number of hydrogen-bond acceptors (Lipinski definition) is 5. The number of rotatable bonds is 7. The van der Waals surface area contributed by atoms with Crippen LogP contribution < -0.4 is 10.2 Å². The molecule has 2 rings (SSSR count). The molecule has 5 heteroatoms. The average Bonchev–Trinajstić information content (AvgIpc) is 2.60. The van der Waals surface area contributed by atoms with Crippen molar-refractivity contribution in [1.82, 2.24) is 0 Å². The molecular formula is C22H28O5. The Morgan fingerprint density at radius 3 is 2.37 bits per heavy atom. The molecule has 27 heavy (non-hydrogen) atoms. The second-order valence-corrected chi connectivity index (χ2v) is 8.01. The molecule has 146 valence electrons. The van der Waals surface area contributed by atoms with Gasteiger partial charge in [-0.15, -0.1) is 0 Å². The second-order valence-electron chi connectivity index (χ2n) is 8.01. The molecule has 1 heterocycles. The van der Waals surface area contributed by atoms with Gasteiger partial charge in [-0.3, -0.25) is 4.79 Å². The molecule has 0 unspecified atom stereocenters. The van der Waals surface area contributed by atoms with Crippen LogP contribution in [0.15, 0.2) is 45.8 Å². The maximum Gasteiger partial charge on any atom is 0.338 e. The smallest absolute Gasteiger partial charge is 0.338 e. The first-order valence-corrected chi connectivity index (χ1v) is 9.19. The molecule has 0 aliphatic rings. The first-order chi connectivity index (χ1) is 12.7. The minimum atomic E-state index is -0.463. The Hall–Kier alpha value is -2.56. The maximum absolute atomic E-state index is 12.2. The Bertz CT molecular complexity index is 810. The van der Waals surface area contributed by atoms with E-state index in [0.29, 0.717) is 18.1 Å². The van der Waals surface area contributed by atoms with Gasteiger partial charge in [0.15, 0.2) is 0 Å². The number of ether oxygens (including phenoxy) is 2. The van der Waals surface area contributed by atoms with E-state index in [1.165, 1.54) is 12.3 Å². The minimum absolute atomic E-state index is 0.0187. The zero-order valence-electron chi connectivity index (χ0n) is 16.7. The number of carbonyl (C=O) groups is 1. The fourth-order valence-electron chi connectivity index (χ4n) is 2.35. The SMILES string of the molecule is CC(C)CCOc1coc(COC(=O)c2ccc(C(C)(C)C)cc2)cc1=O. The number of benzene rings is 1. The molecule has 0 bridgehead atoms. The summed E-state index contributed by atoms with van der Waals surface area (Å²) in [6.07, 6.45) is 2.12. The summed E-state index contributed by atoms with van der Waals surface area (Å²) in [4.78, 5) is 24.2. The van der Waals surface area contributed by atoms with Crippen LogP contribution in [0.1, 0.15) is 62.7 Å². The average molecular weight is 372 g/mol. The van der Waals surface area contributed by atoms with E-state index in [1.807, 2.05) is 12.1 Å². The third-order valence-corrected chi connectivity index (χ3v) is 4.14. The van der Waals surface area contributed by atoms with E-state index >= 15 is 0 Å². The highest BCUT2D eigenvalue weighted by Gasteiger charge is 2.15. The third-order valence-electron chi connectivity index (χ3n) is 4.14. The lowest BCUT2D eigenvalue weighted by Gasteiger charge is -2.18. The normalized spacial score (nSPS) is 11.5. The van der Waals surface area contributed by atoms with Crippen molar-refractivity contribution in [2.24, 2.45) is 5.92 Å². The molecular weight excluding hydrogens is 344 g/mol. The van der Waals surface area contributed by atoms with Crippen LogP contribution in [0.2, 0.25) is 0 Å². The summed E-state index contributed by atoms with van der Waals surface area (Å²) < 4.78 is 16.0. The van der Waals surface area contributed by atoms with Crippen molar-refractivity contribution in [2.45, 2.75) is 53.1 Å². The molecule has 1 aromatic heterocycles. The fourth-order valence-corrected chi connectivity index (χ4v) is 2.35. The Balaban J connectivity index is 1.93. The highest BCUT2D eigenvalue weighted by atomic mass is 16.5. The Labute approximate surface area is 160 Å². The van der Waals surface area contributed by atoms with Crippen molar-refractivity contribution in [2.75, 3.05) is 6.61 Å². The van der Waals surface area contributed by atoms with Crippen LogP contribution in [0.5, 0.6) is 5.75 Å². The van der Waals surface area contributed by atoms with Crippen molar-refractivity contribution in [1.29, 1.82) is 0 Å². The molecule has 0 amide bonds. The monoisotopic (exact) mass is 372 g/mol. The molecule has 0 aliphatic heterocycles. The molecule has 0 fully saturated rings. The van der Waals surface area contributed by atoms with Gasteiger partial charge in [0.25, 0.3) is 0 Å². The lowest BCUT2D eigenvalue weighted by Crippen LogP contribution is -2.12. The first kappa shape index (κ1) is 20.7. The van der Waals surface area contributed by atoms with Crippen LogP contribution in [0.3, 0.4) is 0 Å². The molecule has 2 aromatic rings. The largest absolute Gasteiger partial charge is 0.487 e. The molecule has 0 aliphatic carbocycles. The van der Waals surface area contributed by atoms with Gasteiger partial charge in [0, 0.05) is 6.07 Å². The zero-order chi connectivity index (χ0) is 20.0.